The lowest BCUT2D eigenvalue weighted by Crippen LogP contribution is -2.34. The Kier molecular flexibility index (Phi) is 5.19. The highest BCUT2D eigenvalue weighted by molar-refractivity contribution is 6.15. The average Bonchev–Trinajstić information content (AvgIpc) is 3.28. The maximum Gasteiger partial charge on any atom is 0.254 e. The van der Waals surface area contributed by atoms with Gasteiger partial charge in [-0.15, -0.1) is 0 Å². The van der Waals surface area contributed by atoms with Gasteiger partial charge in [0.25, 0.3) is 5.91 Å². The van der Waals surface area contributed by atoms with Crippen molar-refractivity contribution in [1.29, 1.82) is 0 Å². The van der Waals surface area contributed by atoms with Crippen molar-refractivity contribution in [3.63, 3.8) is 0 Å². The van der Waals surface area contributed by atoms with Gasteiger partial charge in [-0.3, -0.25) is 14.9 Å². The van der Waals surface area contributed by atoms with E-state index in [9.17, 15) is 9.59 Å². The number of anilines is 2. The third kappa shape index (κ3) is 4.59. The summed E-state index contributed by atoms with van der Waals surface area (Å²) in [6, 6.07) is 0.394. The number of fused-ring (bicyclic) bond motifs is 1. The minimum absolute atomic E-state index is 0.0242. The first-order valence-corrected chi connectivity index (χ1v) is 10.2. The summed E-state index contributed by atoms with van der Waals surface area (Å²) in [4.78, 5) is 34.9. The van der Waals surface area contributed by atoms with Crippen molar-refractivity contribution >= 4 is 35.4 Å². The highest BCUT2D eigenvalue weighted by atomic mass is 16.2. The first-order chi connectivity index (χ1) is 14.2. The molecule has 3 heterocycles. The number of aromatic nitrogens is 4. The Hall–Kier alpha value is -3.01. The number of nitrogens with zero attached hydrogens (tertiary/aromatic N) is 5. The summed E-state index contributed by atoms with van der Waals surface area (Å²) >= 11 is 0. The van der Waals surface area contributed by atoms with Crippen molar-refractivity contribution in [3.05, 3.63) is 17.3 Å². The molecular formula is C20H28N8O2. The normalized spacial score (nSPS) is 18.5. The molecule has 0 aromatic carbocycles. The van der Waals surface area contributed by atoms with Crippen molar-refractivity contribution in [1.82, 2.24) is 29.8 Å². The fourth-order valence-corrected chi connectivity index (χ4v) is 3.62. The van der Waals surface area contributed by atoms with E-state index < -0.39 is 0 Å². The van der Waals surface area contributed by atoms with Crippen molar-refractivity contribution in [2.45, 2.75) is 39.2 Å². The lowest BCUT2D eigenvalue weighted by atomic mass is 9.93. The molecular weight excluding hydrogens is 384 g/mol. The molecule has 1 aliphatic carbocycles. The molecule has 3 N–H and O–H groups in total. The molecule has 2 amide bonds. The van der Waals surface area contributed by atoms with Crippen LogP contribution in [-0.2, 0) is 9.59 Å². The fraction of sp³-hybridized carbons (Fsp3) is 0.550. The third-order valence-corrected chi connectivity index (χ3v) is 5.00. The summed E-state index contributed by atoms with van der Waals surface area (Å²) in [5.41, 5.74) is 1.69. The first-order valence-electron chi connectivity index (χ1n) is 10.2. The number of carbonyl (C=O) groups is 2. The molecule has 30 heavy (non-hydrogen) atoms. The van der Waals surface area contributed by atoms with Crippen molar-refractivity contribution < 1.29 is 9.59 Å². The molecule has 1 saturated carbocycles. The molecule has 10 nitrogen and oxygen atoms in total. The van der Waals surface area contributed by atoms with Gasteiger partial charge in [0.15, 0.2) is 5.65 Å². The second kappa shape index (κ2) is 7.67. The molecule has 2 aliphatic rings. The summed E-state index contributed by atoms with van der Waals surface area (Å²) in [5.74, 6) is 0.462. The molecule has 4 rings (SSSR count). The van der Waals surface area contributed by atoms with Crippen LogP contribution in [0.5, 0.6) is 0 Å². The van der Waals surface area contributed by atoms with Gasteiger partial charge in [-0.25, -0.2) is 0 Å². The highest BCUT2D eigenvalue weighted by Crippen LogP contribution is 2.26. The molecule has 0 bridgehead atoms. The van der Waals surface area contributed by atoms with Crippen LogP contribution in [0.25, 0.3) is 11.7 Å². The Morgan fingerprint density at radius 1 is 1.30 bits per heavy atom. The van der Waals surface area contributed by atoms with E-state index in [2.05, 4.69) is 63.9 Å². The molecule has 0 radical (unpaired) electrons. The van der Waals surface area contributed by atoms with Gasteiger partial charge in [-0.2, -0.15) is 19.6 Å². The predicted octanol–water partition coefficient (Wildman–Crippen LogP) is 1.13. The highest BCUT2D eigenvalue weighted by Gasteiger charge is 2.26. The minimum Gasteiger partial charge on any atom is -0.353 e. The van der Waals surface area contributed by atoms with Crippen LogP contribution >= 0.6 is 0 Å². The number of hydrogen-bond donors (Lipinski definition) is 3. The van der Waals surface area contributed by atoms with Gasteiger partial charge in [0, 0.05) is 30.3 Å². The topological polar surface area (TPSA) is 117 Å². The minimum atomic E-state index is -0.367. The lowest BCUT2D eigenvalue weighted by Gasteiger charge is -2.28. The summed E-state index contributed by atoms with van der Waals surface area (Å²) in [6.07, 6.45) is 5.59. The number of carbonyl (C=O) groups excluding carboxylic acids is 2. The molecule has 0 unspecified atom stereocenters. The van der Waals surface area contributed by atoms with Gasteiger partial charge in [-0.05, 0) is 38.4 Å². The van der Waals surface area contributed by atoms with Crippen molar-refractivity contribution in [3.8, 4) is 0 Å². The summed E-state index contributed by atoms with van der Waals surface area (Å²) in [7, 11) is 4.11. The summed E-state index contributed by atoms with van der Waals surface area (Å²) in [5, 5.41) is 13.5. The van der Waals surface area contributed by atoms with Crippen LogP contribution in [0.1, 0.15) is 38.7 Å². The largest absolute Gasteiger partial charge is 0.353 e. The smallest absolute Gasteiger partial charge is 0.254 e. The van der Waals surface area contributed by atoms with E-state index in [1.807, 2.05) is 0 Å². The molecule has 1 saturated heterocycles. The number of hydrogen-bond acceptors (Lipinski definition) is 8. The predicted molar refractivity (Wildman–Crippen MR) is 114 cm³/mol. The summed E-state index contributed by atoms with van der Waals surface area (Å²) in [6.45, 7) is 5.99. The van der Waals surface area contributed by atoms with Gasteiger partial charge < -0.3 is 15.5 Å². The van der Waals surface area contributed by atoms with Crippen LogP contribution in [-0.4, -0.2) is 69.5 Å². The maximum atomic E-state index is 11.9. The van der Waals surface area contributed by atoms with E-state index in [4.69, 9.17) is 0 Å². The molecule has 10 heteroatoms. The zero-order valence-electron chi connectivity index (χ0n) is 17.8. The Bertz CT molecular complexity index is 1020. The number of amides is 2. The average molecular weight is 412 g/mol. The second-order valence-electron chi connectivity index (χ2n) is 9.10. The van der Waals surface area contributed by atoms with Gasteiger partial charge in [-0.1, -0.05) is 13.8 Å². The van der Waals surface area contributed by atoms with Crippen LogP contribution in [0.2, 0.25) is 0 Å². The Balaban J connectivity index is 1.66. The number of rotatable bonds is 8. The summed E-state index contributed by atoms with van der Waals surface area (Å²) < 4.78 is 1.65. The van der Waals surface area contributed by atoms with Crippen molar-refractivity contribution in [2.24, 2.45) is 5.41 Å². The van der Waals surface area contributed by atoms with Gasteiger partial charge >= 0.3 is 0 Å². The van der Waals surface area contributed by atoms with Crippen LogP contribution in [0.15, 0.2) is 11.8 Å². The van der Waals surface area contributed by atoms with Gasteiger partial charge in [0.2, 0.25) is 17.8 Å². The Labute approximate surface area is 175 Å². The van der Waals surface area contributed by atoms with Gasteiger partial charge in [0.05, 0.1) is 12.6 Å². The molecule has 160 valence electrons. The quantitative estimate of drug-likeness (QED) is 0.436. The molecule has 2 aromatic rings. The number of imide groups is 1. The molecule has 1 aliphatic heterocycles. The molecule has 2 fully saturated rings. The Morgan fingerprint density at radius 3 is 2.70 bits per heavy atom. The van der Waals surface area contributed by atoms with E-state index in [1.165, 1.54) is 0 Å². The van der Waals surface area contributed by atoms with E-state index in [-0.39, 0.29) is 23.7 Å². The van der Waals surface area contributed by atoms with Crippen LogP contribution in [0.3, 0.4) is 0 Å². The van der Waals surface area contributed by atoms with Crippen LogP contribution in [0, 0.1) is 5.41 Å². The monoisotopic (exact) mass is 412 g/mol. The van der Waals surface area contributed by atoms with E-state index >= 15 is 0 Å². The lowest BCUT2D eigenvalue weighted by molar-refractivity contribution is -0.124. The van der Waals surface area contributed by atoms with Crippen molar-refractivity contribution in [2.75, 3.05) is 37.8 Å². The van der Waals surface area contributed by atoms with Gasteiger partial charge in [0.1, 0.15) is 0 Å². The van der Waals surface area contributed by atoms with E-state index in [0.717, 1.165) is 19.4 Å². The van der Waals surface area contributed by atoms with Crippen LogP contribution < -0.4 is 16.0 Å². The maximum absolute atomic E-state index is 11.9. The fourth-order valence-electron chi connectivity index (χ4n) is 3.62. The molecule has 2 aromatic heterocycles. The standard InChI is InChI=1S/C20H28N8O2/c1-20(2,11-27(3)4)10-21-18-25-16-13(7-12-8-15(29)24-17(12)30)9-22-28(16)19(26-18)23-14-5-6-14/h7,9,14H,5-6,8,10-11H2,1-4H3,(H,24,29,30)(H2,21,23,25,26)/b12-7+. The molecule has 0 spiro atoms. The zero-order valence-corrected chi connectivity index (χ0v) is 17.8. The SMILES string of the molecule is CN(C)CC(C)(C)CNc1nc(NC2CC2)n2ncc(/C=C3\CC(=O)NC3=O)c2n1. The number of nitrogens with one attached hydrogen (secondary N) is 3. The molecule has 0 atom stereocenters. The first kappa shape index (κ1) is 20.3. The van der Waals surface area contributed by atoms with E-state index in [1.54, 1.807) is 16.8 Å². The Morgan fingerprint density at radius 2 is 2.07 bits per heavy atom. The van der Waals surface area contributed by atoms with E-state index in [0.29, 0.717) is 41.3 Å². The second-order valence-corrected chi connectivity index (χ2v) is 9.10. The zero-order chi connectivity index (χ0) is 21.5. The third-order valence-electron chi connectivity index (χ3n) is 5.00. The van der Waals surface area contributed by atoms with Crippen LogP contribution in [0.4, 0.5) is 11.9 Å².